The van der Waals surface area contributed by atoms with Gasteiger partial charge in [0.15, 0.2) is 0 Å². The summed E-state index contributed by atoms with van der Waals surface area (Å²) in [5.41, 5.74) is 0. The third kappa shape index (κ3) is 4.86. The van der Waals surface area contributed by atoms with E-state index in [0.29, 0.717) is 0 Å². The Labute approximate surface area is 121 Å². The average molecular weight is 281 g/mol. The van der Waals surface area contributed by atoms with Gasteiger partial charge < -0.3 is 12.8 Å². The zero-order chi connectivity index (χ0) is 9.64. The summed E-state index contributed by atoms with van der Waals surface area (Å²) < 4.78 is 0. The maximum absolute atomic E-state index is 2.56. The molecule has 0 aromatic rings. The van der Waals surface area contributed by atoms with Crippen LogP contribution in [-0.4, -0.2) is 0 Å². The van der Waals surface area contributed by atoms with Crippen molar-refractivity contribution >= 4 is 0 Å². The molecular weight excluding hydrogens is 257 g/mol. The van der Waals surface area contributed by atoms with Gasteiger partial charge in [0.2, 0.25) is 0 Å². The van der Waals surface area contributed by atoms with E-state index in [0.717, 1.165) is 11.8 Å². The number of fused-ring (bicyclic) bond motifs is 1. The van der Waals surface area contributed by atoms with Crippen molar-refractivity contribution in [3.8, 4) is 0 Å². The molecule has 3 fully saturated rings. The first kappa shape index (κ1) is 14.2. The molecule has 3 rings (SSSR count). The van der Waals surface area contributed by atoms with Crippen LogP contribution in [0.25, 0.3) is 0 Å². The maximum atomic E-state index is 2.56. The number of rotatable bonds is 0. The van der Waals surface area contributed by atoms with Crippen molar-refractivity contribution in [1.82, 2.24) is 0 Å². The Morgan fingerprint density at radius 2 is 1.47 bits per heavy atom. The summed E-state index contributed by atoms with van der Waals surface area (Å²) in [5, 5.41) is 0. The molecule has 0 bridgehead atoms. The van der Waals surface area contributed by atoms with E-state index < -0.39 is 0 Å². The predicted octanol–water partition coefficient (Wildman–Crippen LogP) is 4.55. The first-order valence-corrected chi connectivity index (χ1v) is 6.62. The van der Waals surface area contributed by atoms with Crippen LogP contribution in [0.4, 0.5) is 0 Å². The molecule has 0 spiro atoms. The average Bonchev–Trinajstić information content (AvgIpc) is 2.92. The van der Waals surface area contributed by atoms with Crippen molar-refractivity contribution in [3.63, 3.8) is 0 Å². The summed E-state index contributed by atoms with van der Waals surface area (Å²) in [6, 6.07) is 0. The van der Waals surface area contributed by atoms with Gasteiger partial charge in [0.1, 0.15) is 0 Å². The van der Waals surface area contributed by atoms with Crippen molar-refractivity contribution in [2.45, 2.75) is 64.2 Å². The van der Waals surface area contributed by atoms with Crippen LogP contribution in [-0.2, 0) is 32.7 Å². The van der Waals surface area contributed by atoms with Gasteiger partial charge in [-0.05, 0) is 0 Å². The Morgan fingerprint density at radius 3 is 2.07 bits per heavy atom. The topological polar surface area (TPSA) is 0 Å². The minimum absolute atomic E-state index is 0. The molecule has 85 valence electrons. The molecule has 0 aromatic carbocycles. The Balaban J connectivity index is 0.000000162. The van der Waals surface area contributed by atoms with E-state index in [-0.39, 0.29) is 32.7 Å². The van der Waals surface area contributed by atoms with Crippen molar-refractivity contribution in [1.29, 1.82) is 0 Å². The van der Waals surface area contributed by atoms with Crippen molar-refractivity contribution < 1.29 is 32.7 Å². The Morgan fingerprint density at radius 1 is 0.733 bits per heavy atom. The zero-order valence-electron chi connectivity index (χ0n) is 9.96. The largest absolute Gasteiger partial charge is 0.328 e. The normalized spacial score (nSPS) is 33.6. The Bertz CT molecular complexity index is 132. The van der Waals surface area contributed by atoms with Crippen LogP contribution in [0.2, 0.25) is 0 Å². The third-order valence-corrected chi connectivity index (χ3v) is 4.04. The minimum Gasteiger partial charge on any atom is -0.328 e. The second-order valence-electron chi connectivity index (χ2n) is 5.09. The molecule has 3 aliphatic carbocycles. The van der Waals surface area contributed by atoms with E-state index >= 15 is 0 Å². The summed E-state index contributed by atoms with van der Waals surface area (Å²) in [6.07, 6.45) is 19.5. The van der Waals surface area contributed by atoms with Crippen LogP contribution >= 0.6 is 0 Å². The van der Waals surface area contributed by atoms with E-state index in [2.05, 4.69) is 12.8 Å². The smallest absolute Gasteiger partial charge is 0 e. The molecule has 1 radical (unpaired) electrons. The summed E-state index contributed by atoms with van der Waals surface area (Å²) in [4.78, 5) is 0. The summed E-state index contributed by atoms with van der Waals surface area (Å²) in [7, 11) is 0. The SMILES string of the molecule is [CH-]1CCC2CCCCC12.[CH-]1CCCC1.[Y]. The molecule has 0 amide bonds. The van der Waals surface area contributed by atoms with Gasteiger partial charge in [-0.15, -0.1) is 0 Å². The summed E-state index contributed by atoms with van der Waals surface area (Å²) in [5.74, 6) is 2.15. The standard InChI is InChI=1S/C9H15.C5H9.Y/c1-2-5-9-7-3-6-8(9)4-1;1-2-4-5-3-1;/h6,8-9H,1-5,7H2;1H,2-5H2;/q2*-1;. The molecule has 0 nitrogen and oxygen atoms in total. The van der Waals surface area contributed by atoms with Crippen molar-refractivity contribution in [2.75, 3.05) is 0 Å². The molecule has 0 heterocycles. The molecule has 0 saturated heterocycles. The van der Waals surface area contributed by atoms with Crippen LogP contribution in [0.1, 0.15) is 64.2 Å². The van der Waals surface area contributed by atoms with Crippen LogP contribution in [0.5, 0.6) is 0 Å². The fourth-order valence-electron chi connectivity index (χ4n) is 3.15. The second-order valence-corrected chi connectivity index (χ2v) is 5.09. The monoisotopic (exact) mass is 281 g/mol. The molecule has 0 aromatic heterocycles. The van der Waals surface area contributed by atoms with E-state index in [4.69, 9.17) is 0 Å². The van der Waals surface area contributed by atoms with Gasteiger partial charge in [-0.1, -0.05) is 50.9 Å². The number of hydrogen-bond acceptors (Lipinski definition) is 0. The maximum Gasteiger partial charge on any atom is 0 e. The summed E-state index contributed by atoms with van der Waals surface area (Å²) >= 11 is 0. The fourth-order valence-corrected chi connectivity index (χ4v) is 3.15. The van der Waals surface area contributed by atoms with E-state index in [1.54, 1.807) is 0 Å². The fraction of sp³-hybridized carbons (Fsp3) is 0.857. The van der Waals surface area contributed by atoms with Gasteiger partial charge in [-0.3, -0.25) is 0 Å². The zero-order valence-corrected chi connectivity index (χ0v) is 12.8. The van der Waals surface area contributed by atoms with Gasteiger partial charge in [0, 0.05) is 32.7 Å². The Hall–Kier alpha value is 1.10. The molecule has 0 N–H and O–H groups in total. The molecule has 3 aliphatic rings. The quantitative estimate of drug-likeness (QED) is 0.571. The van der Waals surface area contributed by atoms with Crippen molar-refractivity contribution in [3.05, 3.63) is 12.8 Å². The van der Waals surface area contributed by atoms with Crippen LogP contribution < -0.4 is 0 Å². The Kier molecular flexibility index (Phi) is 7.77. The third-order valence-electron chi connectivity index (χ3n) is 4.04. The van der Waals surface area contributed by atoms with E-state index in [1.807, 2.05) is 0 Å². The minimum atomic E-state index is 0. The van der Waals surface area contributed by atoms with Crippen molar-refractivity contribution in [2.24, 2.45) is 11.8 Å². The van der Waals surface area contributed by atoms with Crippen LogP contribution in [0, 0.1) is 24.7 Å². The first-order chi connectivity index (χ1) is 6.97. The van der Waals surface area contributed by atoms with Crippen LogP contribution in [0.3, 0.4) is 0 Å². The molecule has 2 atom stereocenters. The second kappa shape index (κ2) is 8.23. The van der Waals surface area contributed by atoms with E-state index in [1.165, 1.54) is 64.2 Å². The summed E-state index contributed by atoms with van der Waals surface area (Å²) in [6.45, 7) is 0. The van der Waals surface area contributed by atoms with E-state index in [9.17, 15) is 0 Å². The molecule has 1 heteroatoms. The van der Waals surface area contributed by atoms with Crippen LogP contribution in [0.15, 0.2) is 0 Å². The predicted molar refractivity (Wildman–Crippen MR) is 61.8 cm³/mol. The number of hydrogen-bond donors (Lipinski definition) is 0. The van der Waals surface area contributed by atoms with Gasteiger partial charge in [-0.25, -0.2) is 0 Å². The molecular formula is C14H24Y-2. The first-order valence-electron chi connectivity index (χ1n) is 6.62. The van der Waals surface area contributed by atoms with Gasteiger partial charge in [0.25, 0.3) is 0 Å². The molecule has 15 heavy (non-hydrogen) atoms. The van der Waals surface area contributed by atoms with Gasteiger partial charge >= 0.3 is 0 Å². The van der Waals surface area contributed by atoms with Gasteiger partial charge in [-0.2, -0.15) is 25.2 Å². The van der Waals surface area contributed by atoms with Gasteiger partial charge in [0.05, 0.1) is 0 Å². The molecule has 3 saturated carbocycles. The molecule has 0 aliphatic heterocycles. The molecule has 2 unspecified atom stereocenters.